The molecule has 1 heterocycles. The molecule has 1 aliphatic heterocycles. The molecular weight excluding hydrogens is 380 g/mol. The molecule has 1 atom stereocenters. The molecule has 0 saturated carbocycles. The van der Waals surface area contributed by atoms with E-state index in [0.29, 0.717) is 16.5 Å². The van der Waals surface area contributed by atoms with Gasteiger partial charge in [-0.15, -0.1) is 0 Å². The lowest BCUT2D eigenvalue weighted by Crippen LogP contribution is -2.48. The Morgan fingerprint density at radius 3 is 2.72 bits per heavy atom. The number of hydrogen-bond donors (Lipinski definition) is 0. The lowest BCUT2D eigenvalue weighted by atomic mass is 9.79. The molecule has 3 rings (SSSR count). The van der Waals surface area contributed by atoms with Gasteiger partial charge in [0.15, 0.2) is 0 Å². The highest BCUT2D eigenvalue weighted by atomic mass is 35.5. The van der Waals surface area contributed by atoms with Crippen molar-refractivity contribution in [1.82, 2.24) is 0 Å². The van der Waals surface area contributed by atoms with Gasteiger partial charge in [-0.1, -0.05) is 37.6 Å². The molecule has 152 valence electrons. The smallest absolute Gasteiger partial charge is 0.128 e. The summed E-state index contributed by atoms with van der Waals surface area (Å²) in [5, 5.41) is 10.4. The molecule has 0 N–H and O–H groups in total. The largest absolute Gasteiger partial charge is 0.496 e. The van der Waals surface area contributed by atoms with Gasteiger partial charge in [0.25, 0.3) is 0 Å². The van der Waals surface area contributed by atoms with Crippen LogP contribution in [0.1, 0.15) is 63.1 Å². The van der Waals surface area contributed by atoms with E-state index in [2.05, 4.69) is 50.8 Å². The number of ether oxygens (including phenoxy) is 1. The molecule has 3 nitrogen and oxygen atoms in total. The van der Waals surface area contributed by atoms with Crippen LogP contribution in [0.3, 0.4) is 0 Å². The van der Waals surface area contributed by atoms with Gasteiger partial charge in [0.05, 0.1) is 18.8 Å². The number of anilines is 1. The molecule has 4 heteroatoms. The minimum atomic E-state index is 0.101. The molecule has 29 heavy (non-hydrogen) atoms. The molecule has 0 radical (unpaired) electrons. The van der Waals surface area contributed by atoms with E-state index in [0.717, 1.165) is 36.3 Å². The Balaban J connectivity index is 2.15. The van der Waals surface area contributed by atoms with E-state index in [9.17, 15) is 5.26 Å². The molecule has 0 aromatic heterocycles. The van der Waals surface area contributed by atoms with Gasteiger partial charge in [-0.3, -0.25) is 0 Å². The van der Waals surface area contributed by atoms with Crippen molar-refractivity contribution in [2.45, 2.75) is 52.0 Å². The second kappa shape index (κ2) is 8.51. The maximum Gasteiger partial charge on any atom is 0.128 e. The molecule has 0 aliphatic carbocycles. The fourth-order valence-electron chi connectivity index (χ4n) is 4.46. The first-order valence-electron chi connectivity index (χ1n) is 10.2. The van der Waals surface area contributed by atoms with Crippen molar-refractivity contribution in [2.75, 3.05) is 18.6 Å². The summed E-state index contributed by atoms with van der Waals surface area (Å²) in [4.78, 5) is 2.50. The van der Waals surface area contributed by atoms with Gasteiger partial charge in [0, 0.05) is 34.4 Å². The Labute approximate surface area is 179 Å². The zero-order chi connectivity index (χ0) is 21.2. The number of benzene rings is 2. The van der Waals surface area contributed by atoms with E-state index < -0.39 is 0 Å². The fraction of sp³-hybridized carbons (Fsp3) is 0.400. The Morgan fingerprint density at radius 1 is 1.34 bits per heavy atom. The van der Waals surface area contributed by atoms with Crippen molar-refractivity contribution in [1.29, 1.82) is 5.26 Å². The van der Waals surface area contributed by atoms with Crippen LogP contribution < -0.4 is 9.64 Å². The third-order valence-corrected chi connectivity index (χ3v) is 5.98. The lowest BCUT2D eigenvalue weighted by Gasteiger charge is -2.47. The summed E-state index contributed by atoms with van der Waals surface area (Å²) >= 11 is 6.13. The van der Waals surface area contributed by atoms with Crippen molar-refractivity contribution in [3.8, 4) is 11.8 Å². The van der Waals surface area contributed by atoms with E-state index in [4.69, 9.17) is 16.3 Å². The quantitative estimate of drug-likeness (QED) is 0.398. The van der Waals surface area contributed by atoms with E-state index in [-0.39, 0.29) is 5.54 Å². The van der Waals surface area contributed by atoms with Gasteiger partial charge < -0.3 is 9.64 Å². The second-order valence-corrected chi connectivity index (χ2v) is 8.84. The summed E-state index contributed by atoms with van der Waals surface area (Å²) in [5.74, 6) is 1.22. The molecular formula is C25H29ClN2O. The first-order chi connectivity index (χ1) is 13.8. The molecule has 1 unspecified atom stereocenters. The third kappa shape index (κ3) is 4.28. The Bertz CT molecular complexity index is 971. The summed E-state index contributed by atoms with van der Waals surface area (Å²) < 4.78 is 5.74. The minimum absolute atomic E-state index is 0.101. The van der Waals surface area contributed by atoms with Crippen LogP contribution in [0.2, 0.25) is 5.02 Å². The van der Waals surface area contributed by atoms with Gasteiger partial charge in [-0.25, -0.2) is 0 Å². The number of nitrogens with zero attached hydrogens (tertiary/aromatic N) is 2. The van der Waals surface area contributed by atoms with E-state index in [1.54, 1.807) is 7.11 Å². The van der Waals surface area contributed by atoms with Crippen LogP contribution in [0.5, 0.6) is 5.75 Å². The van der Waals surface area contributed by atoms with Crippen molar-refractivity contribution in [3.63, 3.8) is 0 Å². The first-order valence-corrected chi connectivity index (χ1v) is 10.6. The predicted octanol–water partition coefficient (Wildman–Crippen LogP) is 6.91. The highest BCUT2D eigenvalue weighted by molar-refractivity contribution is 6.30. The average Bonchev–Trinajstić information content (AvgIpc) is 2.68. The Hall–Kier alpha value is -2.44. The van der Waals surface area contributed by atoms with E-state index in [1.165, 1.54) is 11.3 Å². The van der Waals surface area contributed by atoms with Gasteiger partial charge in [0.2, 0.25) is 0 Å². The summed E-state index contributed by atoms with van der Waals surface area (Å²) in [5.41, 5.74) is 4.95. The lowest BCUT2D eigenvalue weighted by molar-refractivity contribution is 0.372. The molecule has 2 aromatic rings. The number of hydrogen-bond acceptors (Lipinski definition) is 3. The normalized spacial score (nSPS) is 18.2. The average molecular weight is 409 g/mol. The number of allylic oxidation sites excluding steroid dienone is 1. The molecule has 0 bridgehead atoms. The minimum Gasteiger partial charge on any atom is -0.496 e. The number of methoxy groups -OCH3 is 1. The van der Waals surface area contributed by atoms with Gasteiger partial charge in [-0.05, 0) is 68.0 Å². The van der Waals surface area contributed by atoms with E-state index >= 15 is 0 Å². The standard InChI is InChI=1S/C25H29ClN2O/c1-6-10-28-23-14-24(29-5)19(13-22(23)17(2)15-25(28,3)4)11-20(16-27)18-8-7-9-21(26)12-18/h7-9,11-14,17H,6,10,15H2,1-5H3/b20-11+. The van der Waals surface area contributed by atoms with Crippen LogP contribution >= 0.6 is 11.6 Å². The van der Waals surface area contributed by atoms with Gasteiger partial charge in [-0.2, -0.15) is 5.26 Å². The number of nitriles is 1. The zero-order valence-corrected chi connectivity index (χ0v) is 18.7. The van der Waals surface area contributed by atoms with E-state index in [1.807, 2.05) is 30.3 Å². The van der Waals surface area contributed by atoms with Gasteiger partial charge in [0.1, 0.15) is 5.75 Å². The summed E-state index contributed by atoms with van der Waals surface area (Å²) in [6.45, 7) is 10.1. The Kier molecular flexibility index (Phi) is 6.24. The summed E-state index contributed by atoms with van der Waals surface area (Å²) in [6, 6.07) is 14.0. The van der Waals surface area contributed by atoms with Crippen LogP contribution in [-0.2, 0) is 0 Å². The van der Waals surface area contributed by atoms with Crippen LogP contribution in [0.15, 0.2) is 36.4 Å². The van der Waals surface area contributed by atoms with Gasteiger partial charge >= 0.3 is 0 Å². The highest BCUT2D eigenvalue weighted by Gasteiger charge is 2.36. The monoisotopic (exact) mass is 408 g/mol. The van der Waals surface area contributed by atoms with Crippen molar-refractivity contribution in [3.05, 3.63) is 58.1 Å². The molecule has 0 spiro atoms. The maximum atomic E-state index is 9.76. The number of rotatable bonds is 5. The topological polar surface area (TPSA) is 36.3 Å². The van der Waals surface area contributed by atoms with Crippen molar-refractivity contribution >= 4 is 28.9 Å². The SMILES string of the molecule is CCCN1c2cc(OC)c(/C=C(\C#N)c3cccc(Cl)c3)cc2C(C)CC1(C)C. The molecule has 0 amide bonds. The van der Waals surface area contributed by atoms with Crippen LogP contribution in [-0.4, -0.2) is 19.2 Å². The van der Waals surface area contributed by atoms with Crippen molar-refractivity contribution < 1.29 is 4.74 Å². The molecule has 0 saturated heterocycles. The number of fused-ring (bicyclic) bond motifs is 1. The molecule has 2 aromatic carbocycles. The third-order valence-electron chi connectivity index (χ3n) is 5.74. The van der Waals surface area contributed by atoms with Crippen molar-refractivity contribution in [2.24, 2.45) is 0 Å². The maximum absolute atomic E-state index is 9.76. The highest BCUT2D eigenvalue weighted by Crippen LogP contribution is 2.46. The predicted molar refractivity (Wildman–Crippen MR) is 123 cm³/mol. The molecule has 1 aliphatic rings. The number of halogens is 1. The molecule has 0 fully saturated rings. The zero-order valence-electron chi connectivity index (χ0n) is 17.9. The fourth-order valence-corrected chi connectivity index (χ4v) is 4.65. The van der Waals surface area contributed by atoms with Crippen LogP contribution in [0.4, 0.5) is 5.69 Å². The Morgan fingerprint density at radius 2 is 2.10 bits per heavy atom. The van der Waals surface area contributed by atoms with Crippen LogP contribution in [0.25, 0.3) is 11.6 Å². The van der Waals surface area contributed by atoms with Crippen LogP contribution in [0, 0.1) is 11.3 Å². The first kappa shape index (κ1) is 21.3. The summed E-state index contributed by atoms with van der Waals surface area (Å²) in [6.07, 6.45) is 4.09. The summed E-state index contributed by atoms with van der Waals surface area (Å²) in [7, 11) is 1.69. The second-order valence-electron chi connectivity index (χ2n) is 8.40.